The number of carbonyl (C=O) groups is 1. The van der Waals surface area contributed by atoms with E-state index in [9.17, 15) is 4.79 Å². The fourth-order valence-electron chi connectivity index (χ4n) is 5.33. The maximum absolute atomic E-state index is 13.1. The van der Waals surface area contributed by atoms with Crippen LogP contribution in [-0.2, 0) is 11.2 Å². The normalized spacial score (nSPS) is 18.1. The van der Waals surface area contributed by atoms with Gasteiger partial charge in [-0.25, -0.2) is 15.0 Å². The first-order valence-electron chi connectivity index (χ1n) is 13.3. The molecule has 11 nitrogen and oxygen atoms in total. The summed E-state index contributed by atoms with van der Waals surface area (Å²) in [6.45, 7) is 10.1. The lowest BCUT2D eigenvalue weighted by Crippen LogP contribution is -2.48. The molecule has 0 radical (unpaired) electrons. The van der Waals surface area contributed by atoms with Crippen molar-refractivity contribution in [3.8, 4) is 11.3 Å². The number of nitrogens with zero attached hydrogens (tertiary/aromatic N) is 8. The molecule has 2 saturated heterocycles. The van der Waals surface area contributed by atoms with Gasteiger partial charge in [0.05, 0.1) is 18.9 Å². The third-order valence-electron chi connectivity index (χ3n) is 7.59. The van der Waals surface area contributed by atoms with Crippen LogP contribution in [0.2, 0.25) is 0 Å². The number of ether oxygens (including phenoxy) is 1. The lowest BCUT2D eigenvalue weighted by Gasteiger charge is -2.34. The van der Waals surface area contributed by atoms with E-state index in [4.69, 9.17) is 20.4 Å². The molecular weight excluding hydrogens is 482 g/mol. The molecule has 0 bridgehead atoms. The summed E-state index contributed by atoms with van der Waals surface area (Å²) < 4.78 is 5.54. The molecule has 0 saturated carbocycles. The van der Waals surface area contributed by atoms with E-state index in [2.05, 4.69) is 31.6 Å². The minimum atomic E-state index is 0.0942. The highest BCUT2D eigenvalue weighted by Crippen LogP contribution is 2.39. The highest BCUT2D eigenvalue weighted by atomic mass is 16.5. The number of fused-ring (bicyclic) bond motifs is 1. The number of hydrogen-bond acceptors (Lipinski definition) is 10. The van der Waals surface area contributed by atoms with E-state index >= 15 is 0 Å². The van der Waals surface area contributed by atoms with Crippen LogP contribution in [0.1, 0.15) is 22.8 Å². The van der Waals surface area contributed by atoms with Gasteiger partial charge in [0.15, 0.2) is 0 Å². The highest BCUT2D eigenvalue weighted by Gasteiger charge is 2.30. The largest absolute Gasteiger partial charge is 0.378 e. The molecule has 1 amide bonds. The predicted molar refractivity (Wildman–Crippen MR) is 146 cm³/mol. The second-order valence-electron chi connectivity index (χ2n) is 9.78. The van der Waals surface area contributed by atoms with Gasteiger partial charge in [-0.2, -0.15) is 4.98 Å². The topological polar surface area (TPSA) is 117 Å². The zero-order valence-corrected chi connectivity index (χ0v) is 21.7. The van der Waals surface area contributed by atoms with Gasteiger partial charge in [-0.3, -0.25) is 4.79 Å². The maximum atomic E-state index is 13.1. The molecule has 5 heterocycles. The van der Waals surface area contributed by atoms with Gasteiger partial charge in [-0.1, -0.05) is 6.92 Å². The van der Waals surface area contributed by atoms with Crippen LogP contribution in [0.4, 0.5) is 23.4 Å². The Morgan fingerprint density at radius 1 is 0.947 bits per heavy atom. The lowest BCUT2D eigenvalue weighted by molar-refractivity contribution is 0.0643. The Morgan fingerprint density at radius 2 is 1.66 bits per heavy atom. The van der Waals surface area contributed by atoms with Crippen molar-refractivity contribution in [2.75, 3.05) is 81.1 Å². The Bertz CT molecular complexity index is 1290. The number of nitrogens with two attached hydrogens (primary N) is 1. The number of rotatable bonds is 5. The number of piperazine rings is 1. The summed E-state index contributed by atoms with van der Waals surface area (Å²) >= 11 is 0. The zero-order valence-electron chi connectivity index (χ0n) is 21.7. The number of aromatic nitrogens is 4. The fourth-order valence-corrected chi connectivity index (χ4v) is 5.33. The van der Waals surface area contributed by atoms with Crippen LogP contribution in [0.5, 0.6) is 0 Å². The van der Waals surface area contributed by atoms with E-state index < -0.39 is 0 Å². The van der Waals surface area contributed by atoms with Crippen LogP contribution >= 0.6 is 0 Å². The van der Waals surface area contributed by atoms with Crippen LogP contribution in [0.25, 0.3) is 11.3 Å². The monoisotopic (exact) mass is 515 g/mol. The van der Waals surface area contributed by atoms with Crippen molar-refractivity contribution in [3.05, 3.63) is 47.8 Å². The molecule has 2 aromatic heterocycles. The van der Waals surface area contributed by atoms with Gasteiger partial charge in [-0.05, 0) is 37.2 Å². The van der Waals surface area contributed by atoms with E-state index in [-0.39, 0.29) is 11.9 Å². The van der Waals surface area contributed by atoms with E-state index in [1.165, 1.54) is 0 Å². The minimum Gasteiger partial charge on any atom is -0.378 e. The van der Waals surface area contributed by atoms with Gasteiger partial charge in [-0.15, -0.1) is 0 Å². The van der Waals surface area contributed by atoms with Gasteiger partial charge in [0.25, 0.3) is 5.91 Å². The number of likely N-dealkylation sites (N-methyl/N-ethyl adjacent to an activating group) is 1. The molecule has 0 unspecified atom stereocenters. The molecule has 198 valence electrons. The SMILES string of the molecule is CCN1CCN(C(=O)c2ccc(N3CCc4c(-c5cnc(N)nc5)nc(N5CCOCC5)nc43)cc2)CC1. The van der Waals surface area contributed by atoms with Crippen molar-refractivity contribution >= 4 is 29.3 Å². The Labute approximate surface area is 222 Å². The van der Waals surface area contributed by atoms with Crippen LogP contribution in [0.15, 0.2) is 36.7 Å². The third kappa shape index (κ3) is 4.74. The molecule has 2 N–H and O–H groups in total. The van der Waals surface area contributed by atoms with Crippen molar-refractivity contribution < 1.29 is 9.53 Å². The minimum absolute atomic E-state index is 0.0942. The Kier molecular flexibility index (Phi) is 6.77. The number of nitrogen functional groups attached to an aromatic ring is 1. The van der Waals surface area contributed by atoms with Gasteiger partial charge in [0.2, 0.25) is 11.9 Å². The smallest absolute Gasteiger partial charge is 0.253 e. The summed E-state index contributed by atoms with van der Waals surface area (Å²) in [4.78, 5) is 40.2. The number of morpholine rings is 1. The summed E-state index contributed by atoms with van der Waals surface area (Å²) in [7, 11) is 0. The highest BCUT2D eigenvalue weighted by molar-refractivity contribution is 5.95. The Balaban J connectivity index is 1.29. The average Bonchev–Trinajstić information content (AvgIpc) is 3.41. The molecule has 0 aliphatic carbocycles. The average molecular weight is 516 g/mol. The van der Waals surface area contributed by atoms with Gasteiger partial charge >= 0.3 is 0 Å². The summed E-state index contributed by atoms with van der Waals surface area (Å²) in [6.07, 6.45) is 4.23. The summed E-state index contributed by atoms with van der Waals surface area (Å²) in [5.74, 6) is 1.87. The van der Waals surface area contributed by atoms with Crippen LogP contribution in [0, 0.1) is 0 Å². The first-order chi connectivity index (χ1) is 18.6. The second-order valence-corrected chi connectivity index (χ2v) is 9.78. The Hall–Kier alpha value is -3.83. The predicted octanol–water partition coefficient (Wildman–Crippen LogP) is 1.82. The fraction of sp³-hybridized carbons (Fsp3) is 0.444. The van der Waals surface area contributed by atoms with Crippen molar-refractivity contribution in [1.29, 1.82) is 0 Å². The molecule has 3 aliphatic heterocycles. The van der Waals surface area contributed by atoms with Gasteiger partial charge < -0.3 is 30.1 Å². The lowest BCUT2D eigenvalue weighted by atomic mass is 10.1. The summed E-state index contributed by atoms with van der Waals surface area (Å²) in [5, 5.41) is 0. The van der Waals surface area contributed by atoms with Crippen molar-refractivity contribution in [2.24, 2.45) is 0 Å². The van der Waals surface area contributed by atoms with E-state index in [0.717, 1.165) is 92.7 Å². The zero-order chi connectivity index (χ0) is 26.1. The standard InChI is InChI=1S/C27H33N9O2/c1-2-33-9-11-34(12-10-33)25(37)19-3-5-21(6-4-19)36-8-7-22-23(20-17-29-26(28)30-18-20)31-27(32-24(22)36)35-13-15-38-16-14-35/h3-6,17-18H,2,7-16H2,1H3,(H2,28,29,30). The third-order valence-corrected chi connectivity index (χ3v) is 7.59. The quantitative estimate of drug-likeness (QED) is 0.539. The van der Waals surface area contributed by atoms with E-state index in [1.807, 2.05) is 29.2 Å². The number of hydrogen-bond donors (Lipinski definition) is 1. The molecule has 2 fully saturated rings. The second kappa shape index (κ2) is 10.5. The van der Waals surface area contributed by atoms with Crippen LogP contribution in [0.3, 0.4) is 0 Å². The molecule has 0 atom stereocenters. The van der Waals surface area contributed by atoms with Gasteiger partial charge in [0.1, 0.15) is 5.82 Å². The number of carbonyl (C=O) groups excluding carboxylic acids is 1. The molecule has 0 spiro atoms. The summed E-state index contributed by atoms with van der Waals surface area (Å²) in [6, 6.07) is 7.90. The molecular formula is C27H33N9O2. The first-order valence-corrected chi connectivity index (χ1v) is 13.3. The molecule has 38 heavy (non-hydrogen) atoms. The maximum Gasteiger partial charge on any atom is 0.253 e. The molecule has 6 rings (SSSR count). The molecule has 11 heteroatoms. The molecule has 1 aromatic carbocycles. The van der Waals surface area contributed by atoms with Crippen LogP contribution < -0.4 is 15.5 Å². The summed E-state index contributed by atoms with van der Waals surface area (Å²) in [5.41, 5.74) is 10.2. The van der Waals surface area contributed by atoms with Crippen LogP contribution in [-0.4, -0.2) is 101 Å². The van der Waals surface area contributed by atoms with Crippen molar-refractivity contribution in [2.45, 2.75) is 13.3 Å². The number of benzene rings is 1. The molecule has 3 aromatic rings. The van der Waals surface area contributed by atoms with Crippen molar-refractivity contribution in [3.63, 3.8) is 0 Å². The molecule has 3 aliphatic rings. The Morgan fingerprint density at radius 3 is 2.34 bits per heavy atom. The van der Waals surface area contributed by atoms with Gasteiger partial charge in [0, 0.05) is 80.6 Å². The first kappa shape index (κ1) is 24.5. The van der Waals surface area contributed by atoms with E-state index in [1.54, 1.807) is 12.4 Å². The number of amides is 1. The van der Waals surface area contributed by atoms with E-state index in [0.29, 0.717) is 19.2 Å². The number of anilines is 4. The van der Waals surface area contributed by atoms with Crippen molar-refractivity contribution in [1.82, 2.24) is 29.7 Å².